The van der Waals surface area contributed by atoms with Crippen LogP contribution in [0.15, 0.2) is 231 Å². The van der Waals surface area contributed by atoms with E-state index in [1.54, 1.807) is 0 Å². The number of hydrogen-bond acceptors (Lipinski definition) is 3. The maximum atomic E-state index is 2.63. The predicted octanol–water partition coefficient (Wildman–Crippen LogP) is 15.1. The summed E-state index contributed by atoms with van der Waals surface area (Å²) in [4.78, 5) is 7.68. The van der Waals surface area contributed by atoms with Crippen LogP contribution in [0.4, 0.5) is 51.2 Å². The monoisotopic (exact) mass is 1030 g/mol. The number of aryl methyl sites for hydroxylation is 3. The Bertz CT molecular complexity index is 3660. The first-order chi connectivity index (χ1) is 37.7. The Kier molecular flexibility index (Phi) is 13.0. The van der Waals surface area contributed by atoms with E-state index in [0.29, 0.717) is 11.8 Å². The average molecular weight is 1030 g/mol. The summed E-state index contributed by atoms with van der Waals surface area (Å²) in [5.74, 6) is 0.829. The molecule has 0 atom stereocenters. The molecule has 0 aromatic heterocycles. The van der Waals surface area contributed by atoms with Gasteiger partial charge in [-0.25, -0.2) is 0 Å². The minimum atomic E-state index is -2.84. The quantitative estimate of drug-likeness (QED) is 0.0944. The van der Waals surface area contributed by atoms with Crippen LogP contribution < -0.4 is 51.8 Å². The Morgan fingerprint density at radius 1 is 0.397 bits per heavy atom. The van der Waals surface area contributed by atoms with Crippen molar-refractivity contribution in [1.29, 1.82) is 0 Å². The van der Waals surface area contributed by atoms with Gasteiger partial charge in [0.05, 0.1) is 5.69 Å². The van der Waals surface area contributed by atoms with Gasteiger partial charge in [-0.3, -0.25) is 0 Å². The van der Waals surface area contributed by atoms with Crippen molar-refractivity contribution in [3.05, 3.63) is 264 Å². The lowest BCUT2D eigenvalue weighted by Crippen LogP contribution is -2.74. The van der Waals surface area contributed by atoms with Gasteiger partial charge in [0.2, 0.25) is 0 Å². The van der Waals surface area contributed by atoms with E-state index in [4.69, 9.17) is 0 Å². The molecule has 0 amide bonds. The van der Waals surface area contributed by atoms with E-state index in [9.17, 15) is 0 Å². The van der Waals surface area contributed by atoms with E-state index in [0.717, 1.165) is 22.7 Å². The lowest BCUT2D eigenvalue weighted by atomic mass is 9.33. The van der Waals surface area contributed by atoms with Gasteiger partial charge in [0.25, 0.3) is 6.71 Å². The number of nitrogens with zero attached hydrogens (tertiary/aromatic N) is 3. The molecule has 0 saturated carbocycles. The minimum absolute atomic E-state index is 0.0350. The molecule has 0 fully saturated rings. The summed E-state index contributed by atoms with van der Waals surface area (Å²) in [5.41, 5.74) is 22.0. The van der Waals surface area contributed by atoms with E-state index in [1.807, 2.05) is 0 Å². The van der Waals surface area contributed by atoms with Crippen molar-refractivity contribution in [2.75, 3.05) is 14.7 Å². The Morgan fingerprint density at radius 2 is 0.859 bits per heavy atom. The molecule has 0 unspecified atom stereocenters. The number of rotatable bonds is 11. The maximum Gasteiger partial charge on any atom is 0.252 e. The number of fused-ring (bicyclic) bond motifs is 4. The number of anilines is 9. The highest BCUT2D eigenvalue weighted by Gasteiger charge is 2.46. The second-order valence-corrected chi connectivity index (χ2v) is 27.4. The van der Waals surface area contributed by atoms with Crippen LogP contribution in [0, 0.1) is 20.8 Å². The highest BCUT2D eigenvalue weighted by atomic mass is 28.3. The molecule has 0 radical (unpaired) electrons. The van der Waals surface area contributed by atoms with Gasteiger partial charge >= 0.3 is 0 Å². The highest BCUT2D eigenvalue weighted by Crippen LogP contribution is 2.49. The van der Waals surface area contributed by atoms with Gasteiger partial charge in [0.1, 0.15) is 0 Å². The SMILES string of the molecule is Cc1ccc(N2c3ccc(C)cc3B3c4cc(C(C)(C)C)ccc4N(c4ccc([Si](c5ccccc5)(c5ccccc5)c5ccccc5)cc4C)c4cc(N(c5ccc(C(C)C)cc5)c5ccc(C(C)C)cc5)cc2c43)cc1. The van der Waals surface area contributed by atoms with E-state index in [1.165, 1.54) is 99.0 Å². The topological polar surface area (TPSA) is 9.72 Å². The molecule has 2 aliphatic rings. The van der Waals surface area contributed by atoms with Gasteiger partial charge in [-0.05, 0) is 164 Å². The molecule has 3 nitrogen and oxygen atoms in total. The number of benzene rings is 10. The third kappa shape index (κ3) is 8.69. The molecular weight excluding hydrogens is 958 g/mol. The fraction of sp³-hybridized carbons (Fsp3) is 0.178. The van der Waals surface area contributed by atoms with Crippen LogP contribution >= 0.6 is 0 Å². The highest BCUT2D eigenvalue weighted by molar-refractivity contribution is 7.20. The zero-order valence-corrected chi connectivity index (χ0v) is 48.0. The molecule has 0 aliphatic carbocycles. The molecular formula is C73H70BN3Si. The summed E-state index contributed by atoms with van der Waals surface area (Å²) in [6, 6.07) is 88.6. The maximum absolute atomic E-state index is 2.84. The van der Waals surface area contributed by atoms with Gasteiger partial charge in [-0.1, -0.05) is 223 Å². The Hall–Kier alpha value is -8.12. The van der Waals surface area contributed by atoms with Gasteiger partial charge < -0.3 is 14.7 Å². The van der Waals surface area contributed by atoms with Crippen molar-refractivity contribution >= 4 is 103 Å². The van der Waals surface area contributed by atoms with E-state index < -0.39 is 8.07 Å². The van der Waals surface area contributed by atoms with Crippen LogP contribution in [0.5, 0.6) is 0 Å². The van der Waals surface area contributed by atoms with Crippen molar-refractivity contribution in [3.8, 4) is 0 Å². The van der Waals surface area contributed by atoms with Crippen molar-refractivity contribution in [2.24, 2.45) is 0 Å². The van der Waals surface area contributed by atoms with Crippen molar-refractivity contribution in [3.63, 3.8) is 0 Å². The minimum Gasteiger partial charge on any atom is -0.311 e. The average Bonchev–Trinajstić information content (AvgIpc) is 3.53. The summed E-state index contributed by atoms with van der Waals surface area (Å²) >= 11 is 0. The second kappa shape index (κ2) is 20.0. The summed E-state index contributed by atoms with van der Waals surface area (Å²) in [6.07, 6.45) is 0. The standard InChI is InChI=1S/C73H70BN3Si/c1-49(2)54-29-36-57(37-30-54)75(58-38-31-55(32-39-58)50(3)4)60-47-70-72-71(48-60)77(67-43-40-64(45-53(67)7)78(61-20-14-11-15-21-61,62-22-16-12-17-23-62)63-24-18-13-19-25-63)69-42-33-56(73(8,9)10)46-66(69)74(72)65-44-52(6)28-41-68(65)76(70)59-34-26-51(5)27-35-59/h11-50H,1-10H3. The summed E-state index contributed by atoms with van der Waals surface area (Å²) in [7, 11) is -2.84. The fourth-order valence-corrected chi connectivity index (χ4v) is 17.4. The molecule has 10 aromatic rings. The molecule has 78 heavy (non-hydrogen) atoms. The molecule has 0 N–H and O–H groups in total. The first kappa shape index (κ1) is 50.7. The van der Waals surface area contributed by atoms with E-state index in [-0.39, 0.29) is 12.1 Å². The van der Waals surface area contributed by atoms with Crippen LogP contribution in [0.2, 0.25) is 0 Å². The molecule has 2 heterocycles. The fourth-order valence-electron chi connectivity index (χ4n) is 12.6. The largest absolute Gasteiger partial charge is 0.311 e. The Balaban J connectivity index is 1.18. The third-order valence-corrected chi connectivity index (χ3v) is 21.5. The second-order valence-electron chi connectivity index (χ2n) is 23.6. The van der Waals surface area contributed by atoms with Crippen molar-refractivity contribution < 1.29 is 0 Å². The zero-order valence-electron chi connectivity index (χ0n) is 47.0. The van der Waals surface area contributed by atoms with Gasteiger partial charge in [0.15, 0.2) is 8.07 Å². The summed E-state index contributed by atoms with van der Waals surface area (Å²) < 4.78 is 0. The van der Waals surface area contributed by atoms with Crippen molar-refractivity contribution in [2.45, 2.75) is 86.5 Å². The Morgan fingerprint density at radius 3 is 1.36 bits per heavy atom. The van der Waals surface area contributed by atoms with Crippen LogP contribution in [-0.4, -0.2) is 14.8 Å². The van der Waals surface area contributed by atoms with Crippen LogP contribution in [0.3, 0.4) is 0 Å². The normalized spacial score (nSPS) is 12.9. The zero-order chi connectivity index (χ0) is 54.0. The van der Waals surface area contributed by atoms with Crippen molar-refractivity contribution in [1.82, 2.24) is 0 Å². The molecule has 0 saturated heterocycles. The van der Waals surface area contributed by atoms with Gasteiger partial charge in [0, 0.05) is 45.5 Å². The van der Waals surface area contributed by atoms with Crippen LogP contribution in [0.1, 0.15) is 93.7 Å². The lowest BCUT2D eigenvalue weighted by Gasteiger charge is -2.45. The number of hydrogen-bond donors (Lipinski definition) is 0. The first-order valence-corrected chi connectivity index (χ1v) is 30.1. The molecule has 0 bridgehead atoms. The Labute approximate surface area is 465 Å². The predicted molar refractivity (Wildman–Crippen MR) is 340 cm³/mol. The van der Waals surface area contributed by atoms with Crippen LogP contribution in [-0.2, 0) is 5.41 Å². The molecule has 384 valence electrons. The molecule has 2 aliphatic heterocycles. The lowest BCUT2D eigenvalue weighted by molar-refractivity contribution is 0.591. The molecule has 12 rings (SSSR count). The summed E-state index contributed by atoms with van der Waals surface area (Å²) in [6.45, 7) is 22.9. The first-order valence-electron chi connectivity index (χ1n) is 28.1. The van der Waals surface area contributed by atoms with E-state index in [2.05, 4.69) is 314 Å². The molecule has 10 aromatic carbocycles. The van der Waals surface area contributed by atoms with Gasteiger partial charge in [-0.2, -0.15) is 0 Å². The van der Waals surface area contributed by atoms with Gasteiger partial charge in [-0.15, -0.1) is 0 Å². The molecule has 5 heteroatoms. The summed E-state index contributed by atoms with van der Waals surface area (Å²) in [5, 5.41) is 5.46. The molecule has 0 spiro atoms. The smallest absolute Gasteiger partial charge is 0.252 e. The van der Waals surface area contributed by atoms with Crippen LogP contribution in [0.25, 0.3) is 0 Å². The van der Waals surface area contributed by atoms with E-state index >= 15 is 0 Å². The third-order valence-electron chi connectivity index (χ3n) is 16.7.